The number of thiazole rings is 1. The van der Waals surface area contributed by atoms with Crippen molar-refractivity contribution in [2.45, 2.75) is 57.7 Å². The molecule has 2 heterocycles. The predicted molar refractivity (Wildman–Crippen MR) is 79.6 cm³/mol. The van der Waals surface area contributed by atoms with Gasteiger partial charge in [0, 0.05) is 23.2 Å². The molecule has 17 heavy (non-hydrogen) atoms. The third kappa shape index (κ3) is 2.79. The molecule has 96 valence electrons. The molecule has 1 aliphatic heterocycles. The lowest BCUT2D eigenvalue weighted by Crippen LogP contribution is -2.37. The number of hydrogen-bond donors (Lipinski definition) is 1. The number of nitrogens with zero attached hydrogens (tertiary/aromatic N) is 2. The van der Waals surface area contributed by atoms with Crippen LogP contribution in [0.15, 0.2) is 0 Å². The van der Waals surface area contributed by atoms with Crippen LogP contribution in [0.25, 0.3) is 0 Å². The highest BCUT2D eigenvalue weighted by Crippen LogP contribution is 2.34. The van der Waals surface area contributed by atoms with Crippen LogP contribution in [0.1, 0.15) is 56.5 Å². The van der Waals surface area contributed by atoms with Gasteiger partial charge in [0.2, 0.25) is 0 Å². The molecule has 1 saturated heterocycles. The van der Waals surface area contributed by atoms with Crippen LogP contribution in [-0.2, 0) is 5.75 Å². The topological polar surface area (TPSA) is 16.1 Å². The minimum atomic E-state index is 0.502. The summed E-state index contributed by atoms with van der Waals surface area (Å²) in [7, 11) is 0. The Kier molecular flexibility index (Phi) is 4.36. The van der Waals surface area contributed by atoms with Gasteiger partial charge in [0.1, 0.15) is 0 Å². The predicted octanol–water partition coefficient (Wildman–Crippen LogP) is 4.08. The third-order valence-electron chi connectivity index (χ3n) is 3.46. The Morgan fingerprint density at radius 2 is 2.24 bits per heavy atom. The fraction of sp³-hybridized carbons (Fsp3) is 0.769. The summed E-state index contributed by atoms with van der Waals surface area (Å²) in [5.74, 6) is 1.31. The minimum absolute atomic E-state index is 0.502. The highest BCUT2D eigenvalue weighted by molar-refractivity contribution is 7.79. The molecule has 2 rings (SSSR count). The lowest BCUT2D eigenvalue weighted by Gasteiger charge is -2.33. The van der Waals surface area contributed by atoms with Crippen molar-refractivity contribution in [3.63, 3.8) is 0 Å². The van der Waals surface area contributed by atoms with Crippen molar-refractivity contribution in [3.05, 3.63) is 10.6 Å². The van der Waals surface area contributed by atoms with Gasteiger partial charge in [-0.2, -0.15) is 12.6 Å². The Morgan fingerprint density at radius 3 is 2.76 bits per heavy atom. The normalized spacial score (nSPS) is 21.2. The Balaban J connectivity index is 2.26. The monoisotopic (exact) mass is 270 g/mol. The molecule has 1 aromatic rings. The van der Waals surface area contributed by atoms with Crippen LogP contribution in [0.2, 0.25) is 0 Å². The van der Waals surface area contributed by atoms with E-state index >= 15 is 0 Å². The largest absolute Gasteiger partial charge is 0.345 e. The standard InChI is InChI=1S/C13H22N2S2/c1-9(2)12-11(8-16)17-13(14-12)15-7-5-4-6-10(15)3/h9-10,16H,4-8H2,1-3H3. The zero-order valence-electron chi connectivity index (χ0n) is 10.9. The van der Waals surface area contributed by atoms with Gasteiger partial charge < -0.3 is 4.90 Å². The van der Waals surface area contributed by atoms with E-state index in [9.17, 15) is 0 Å². The number of rotatable bonds is 3. The Morgan fingerprint density at radius 1 is 1.47 bits per heavy atom. The molecule has 1 fully saturated rings. The summed E-state index contributed by atoms with van der Waals surface area (Å²) in [5, 5.41) is 1.21. The van der Waals surface area contributed by atoms with Crippen molar-refractivity contribution in [2.24, 2.45) is 0 Å². The van der Waals surface area contributed by atoms with E-state index in [-0.39, 0.29) is 0 Å². The summed E-state index contributed by atoms with van der Waals surface area (Å²) in [5.41, 5.74) is 1.25. The van der Waals surface area contributed by atoms with E-state index in [0.717, 1.165) is 12.3 Å². The van der Waals surface area contributed by atoms with E-state index in [1.165, 1.54) is 35.0 Å². The molecular formula is C13H22N2S2. The average molecular weight is 270 g/mol. The highest BCUT2D eigenvalue weighted by atomic mass is 32.1. The van der Waals surface area contributed by atoms with Crippen LogP contribution in [0.4, 0.5) is 5.13 Å². The maximum absolute atomic E-state index is 4.85. The molecule has 1 aliphatic rings. The van der Waals surface area contributed by atoms with Gasteiger partial charge in [-0.3, -0.25) is 0 Å². The van der Waals surface area contributed by atoms with Crippen LogP contribution < -0.4 is 4.90 Å². The van der Waals surface area contributed by atoms with E-state index in [2.05, 4.69) is 38.3 Å². The maximum atomic E-state index is 4.85. The number of piperidine rings is 1. The van der Waals surface area contributed by atoms with Crippen LogP contribution in [0.3, 0.4) is 0 Å². The lowest BCUT2D eigenvalue weighted by atomic mass is 10.0. The molecule has 0 saturated carbocycles. The van der Waals surface area contributed by atoms with Gasteiger partial charge in [-0.25, -0.2) is 4.98 Å². The van der Waals surface area contributed by atoms with Crippen molar-refractivity contribution in [2.75, 3.05) is 11.4 Å². The minimum Gasteiger partial charge on any atom is -0.345 e. The van der Waals surface area contributed by atoms with E-state index < -0.39 is 0 Å². The molecule has 1 atom stereocenters. The van der Waals surface area contributed by atoms with E-state index in [4.69, 9.17) is 4.98 Å². The molecule has 0 radical (unpaired) electrons. The van der Waals surface area contributed by atoms with Gasteiger partial charge in [-0.1, -0.05) is 13.8 Å². The fourth-order valence-corrected chi connectivity index (χ4v) is 3.98. The van der Waals surface area contributed by atoms with Crippen LogP contribution >= 0.6 is 24.0 Å². The summed E-state index contributed by atoms with van der Waals surface area (Å²) < 4.78 is 0. The Hall–Kier alpha value is -0.220. The second-order valence-electron chi connectivity index (χ2n) is 5.16. The summed E-state index contributed by atoms with van der Waals surface area (Å²) in [6.45, 7) is 7.91. The second-order valence-corrected chi connectivity index (χ2v) is 6.53. The average Bonchev–Trinajstić information content (AvgIpc) is 2.73. The number of hydrogen-bond acceptors (Lipinski definition) is 4. The zero-order chi connectivity index (χ0) is 12.4. The molecule has 0 amide bonds. The molecule has 0 N–H and O–H groups in total. The van der Waals surface area contributed by atoms with E-state index in [1.807, 2.05) is 11.3 Å². The molecule has 1 unspecified atom stereocenters. The molecule has 2 nitrogen and oxygen atoms in total. The van der Waals surface area contributed by atoms with Crippen molar-refractivity contribution in [1.82, 2.24) is 4.98 Å². The van der Waals surface area contributed by atoms with E-state index in [0.29, 0.717) is 12.0 Å². The molecule has 1 aromatic heterocycles. The van der Waals surface area contributed by atoms with Crippen molar-refractivity contribution in [1.29, 1.82) is 0 Å². The fourth-order valence-electron chi connectivity index (χ4n) is 2.42. The first-order valence-corrected chi connectivity index (χ1v) is 7.95. The summed E-state index contributed by atoms with van der Waals surface area (Å²) >= 11 is 6.26. The van der Waals surface area contributed by atoms with Gasteiger partial charge in [0.05, 0.1) is 5.69 Å². The quantitative estimate of drug-likeness (QED) is 0.833. The number of anilines is 1. The summed E-state index contributed by atoms with van der Waals surface area (Å²) in [6.07, 6.45) is 3.96. The first-order valence-electron chi connectivity index (χ1n) is 6.50. The Bertz CT molecular complexity index is 373. The number of thiol groups is 1. The zero-order valence-corrected chi connectivity index (χ0v) is 12.7. The maximum Gasteiger partial charge on any atom is 0.186 e. The molecule has 0 aromatic carbocycles. The van der Waals surface area contributed by atoms with E-state index in [1.54, 1.807) is 0 Å². The van der Waals surface area contributed by atoms with Crippen molar-refractivity contribution < 1.29 is 0 Å². The molecular weight excluding hydrogens is 248 g/mol. The first-order chi connectivity index (χ1) is 8.13. The smallest absolute Gasteiger partial charge is 0.186 e. The van der Waals surface area contributed by atoms with Crippen molar-refractivity contribution in [3.8, 4) is 0 Å². The Labute approximate surface area is 114 Å². The second kappa shape index (κ2) is 5.61. The molecule has 0 bridgehead atoms. The number of aromatic nitrogens is 1. The van der Waals surface area contributed by atoms with Gasteiger partial charge >= 0.3 is 0 Å². The molecule has 0 spiro atoms. The summed E-state index contributed by atoms with van der Waals surface area (Å²) in [4.78, 5) is 8.67. The third-order valence-corrected chi connectivity index (χ3v) is 5.09. The van der Waals surface area contributed by atoms with Crippen molar-refractivity contribution >= 4 is 29.1 Å². The van der Waals surface area contributed by atoms with Gasteiger partial charge in [0.15, 0.2) is 5.13 Å². The first kappa shape index (κ1) is 13.2. The van der Waals surface area contributed by atoms with Gasteiger partial charge in [0.25, 0.3) is 0 Å². The van der Waals surface area contributed by atoms with Crippen LogP contribution in [-0.4, -0.2) is 17.6 Å². The lowest BCUT2D eigenvalue weighted by molar-refractivity contribution is 0.483. The van der Waals surface area contributed by atoms with Crippen LogP contribution in [0.5, 0.6) is 0 Å². The summed E-state index contributed by atoms with van der Waals surface area (Å²) in [6, 6.07) is 0.641. The van der Waals surface area contributed by atoms with Gasteiger partial charge in [-0.15, -0.1) is 11.3 Å². The highest BCUT2D eigenvalue weighted by Gasteiger charge is 2.23. The van der Waals surface area contributed by atoms with Crippen LogP contribution in [0, 0.1) is 0 Å². The SMILES string of the molecule is CC(C)c1nc(N2CCCCC2C)sc1CS. The van der Waals surface area contributed by atoms with Gasteiger partial charge in [-0.05, 0) is 32.1 Å². The molecule has 4 heteroatoms. The molecule has 0 aliphatic carbocycles.